The Labute approximate surface area is 185 Å². The molecule has 1 amide bonds. The number of esters is 1. The highest BCUT2D eigenvalue weighted by Gasteiger charge is 2.24. The van der Waals surface area contributed by atoms with Gasteiger partial charge in [-0.3, -0.25) is 9.59 Å². The molecule has 1 N–H and O–H groups in total. The van der Waals surface area contributed by atoms with Crippen LogP contribution in [-0.4, -0.2) is 46.8 Å². The van der Waals surface area contributed by atoms with Gasteiger partial charge in [-0.15, -0.1) is 0 Å². The molecule has 0 aliphatic heterocycles. The highest BCUT2D eigenvalue weighted by Crippen LogP contribution is 2.30. The fourth-order valence-corrected chi connectivity index (χ4v) is 3.85. The van der Waals surface area contributed by atoms with E-state index in [-0.39, 0.29) is 24.8 Å². The molecule has 1 fully saturated rings. The summed E-state index contributed by atoms with van der Waals surface area (Å²) in [5.41, 5.74) is 1.48. The number of rotatable bonds is 9. The van der Waals surface area contributed by atoms with Crippen LogP contribution in [-0.2, 0) is 14.3 Å². The average Bonchev–Trinajstić information content (AvgIpc) is 3.61. The molecule has 1 aliphatic rings. The van der Waals surface area contributed by atoms with Crippen LogP contribution in [0.5, 0.6) is 0 Å². The SMILES string of the molecule is CCOC(=O)CN(C(=O)CSc1nc(NC2CC2)c2ccccc2n1)c1ccccc1. The van der Waals surface area contributed by atoms with E-state index in [1.165, 1.54) is 16.7 Å². The number of amides is 1. The van der Waals surface area contributed by atoms with Gasteiger partial charge in [-0.25, -0.2) is 9.97 Å². The second-order valence-corrected chi connectivity index (χ2v) is 8.14. The molecule has 4 rings (SSSR count). The number of hydrogen-bond acceptors (Lipinski definition) is 7. The summed E-state index contributed by atoms with van der Waals surface area (Å²) < 4.78 is 5.04. The number of nitrogens with one attached hydrogen (secondary N) is 1. The Balaban J connectivity index is 1.51. The number of carbonyl (C=O) groups excluding carboxylic acids is 2. The third kappa shape index (κ3) is 5.52. The maximum Gasteiger partial charge on any atom is 0.326 e. The van der Waals surface area contributed by atoms with Gasteiger partial charge < -0.3 is 15.0 Å². The summed E-state index contributed by atoms with van der Waals surface area (Å²) in [6.07, 6.45) is 2.28. The summed E-state index contributed by atoms with van der Waals surface area (Å²) >= 11 is 1.26. The number of benzene rings is 2. The molecule has 0 spiro atoms. The molecule has 0 radical (unpaired) electrons. The fourth-order valence-electron chi connectivity index (χ4n) is 3.12. The minimum absolute atomic E-state index is 0.107. The summed E-state index contributed by atoms with van der Waals surface area (Å²) in [5, 5.41) is 4.95. The van der Waals surface area contributed by atoms with Crippen molar-refractivity contribution in [1.82, 2.24) is 9.97 Å². The topological polar surface area (TPSA) is 84.4 Å². The number of hydrogen-bond donors (Lipinski definition) is 1. The lowest BCUT2D eigenvalue weighted by Crippen LogP contribution is -2.37. The van der Waals surface area contributed by atoms with Gasteiger partial charge in [0.2, 0.25) is 5.91 Å². The highest BCUT2D eigenvalue weighted by molar-refractivity contribution is 7.99. The standard InChI is InChI=1S/C23H24N4O3S/c1-2-30-21(29)14-27(17-8-4-3-5-9-17)20(28)15-31-23-25-19-11-7-6-10-18(19)22(26-23)24-16-12-13-16/h3-11,16H,2,12-15H2,1H3,(H,24,25,26). The van der Waals surface area contributed by atoms with Gasteiger partial charge >= 0.3 is 5.97 Å². The van der Waals surface area contributed by atoms with Crippen molar-refractivity contribution < 1.29 is 14.3 Å². The molecule has 0 atom stereocenters. The van der Waals surface area contributed by atoms with E-state index in [1.54, 1.807) is 19.1 Å². The first kappa shape index (κ1) is 21.1. The minimum atomic E-state index is -0.442. The molecule has 1 heterocycles. The van der Waals surface area contributed by atoms with Gasteiger partial charge in [-0.1, -0.05) is 42.1 Å². The first-order valence-corrected chi connectivity index (χ1v) is 11.3. The van der Waals surface area contributed by atoms with Crippen LogP contribution >= 0.6 is 11.8 Å². The van der Waals surface area contributed by atoms with Crippen LogP contribution < -0.4 is 10.2 Å². The van der Waals surface area contributed by atoms with Gasteiger partial charge in [0, 0.05) is 17.1 Å². The molecule has 0 unspecified atom stereocenters. The zero-order valence-corrected chi connectivity index (χ0v) is 18.1. The van der Waals surface area contributed by atoms with Crippen molar-refractivity contribution in [3.05, 3.63) is 54.6 Å². The normalized spacial score (nSPS) is 13.1. The van der Waals surface area contributed by atoms with Crippen molar-refractivity contribution in [2.45, 2.75) is 31.0 Å². The predicted octanol–water partition coefficient (Wildman–Crippen LogP) is 3.89. The molecule has 1 aliphatic carbocycles. The number of anilines is 2. The average molecular weight is 437 g/mol. The molecular formula is C23H24N4O3S. The molecule has 8 heteroatoms. The summed E-state index contributed by atoms with van der Waals surface area (Å²) in [4.78, 5) is 35.8. The molecule has 0 saturated heterocycles. The third-order valence-electron chi connectivity index (χ3n) is 4.79. The number of aromatic nitrogens is 2. The van der Waals surface area contributed by atoms with Gasteiger partial charge in [0.25, 0.3) is 0 Å². The Morgan fingerprint density at radius 1 is 1.10 bits per heavy atom. The van der Waals surface area contributed by atoms with Crippen LogP contribution in [0.25, 0.3) is 10.9 Å². The quantitative estimate of drug-likeness (QED) is 0.309. The van der Waals surface area contributed by atoms with E-state index in [9.17, 15) is 9.59 Å². The molecule has 1 aromatic heterocycles. The zero-order valence-electron chi connectivity index (χ0n) is 17.3. The van der Waals surface area contributed by atoms with Crippen LogP contribution in [0, 0.1) is 0 Å². The predicted molar refractivity (Wildman–Crippen MR) is 122 cm³/mol. The van der Waals surface area contributed by atoms with Crippen LogP contribution in [0.3, 0.4) is 0 Å². The molecular weight excluding hydrogens is 412 g/mol. The van der Waals surface area contributed by atoms with Crippen LogP contribution in [0.15, 0.2) is 59.8 Å². The lowest BCUT2D eigenvalue weighted by atomic mass is 10.2. The molecule has 7 nitrogen and oxygen atoms in total. The van der Waals surface area contributed by atoms with Gasteiger partial charge in [0.15, 0.2) is 5.16 Å². The molecule has 0 bridgehead atoms. The van der Waals surface area contributed by atoms with Gasteiger partial charge in [0.1, 0.15) is 12.4 Å². The Hall–Kier alpha value is -3.13. The van der Waals surface area contributed by atoms with Crippen molar-refractivity contribution >= 4 is 46.0 Å². The van der Waals surface area contributed by atoms with E-state index < -0.39 is 5.97 Å². The van der Waals surface area contributed by atoms with Crippen molar-refractivity contribution in [1.29, 1.82) is 0 Å². The molecule has 1 saturated carbocycles. The second-order valence-electron chi connectivity index (χ2n) is 7.20. The lowest BCUT2D eigenvalue weighted by Gasteiger charge is -2.21. The Morgan fingerprint density at radius 2 is 1.84 bits per heavy atom. The first-order chi connectivity index (χ1) is 15.1. The maximum absolute atomic E-state index is 13.0. The summed E-state index contributed by atoms with van der Waals surface area (Å²) in [6.45, 7) is 1.88. The Bertz CT molecular complexity index is 1070. The molecule has 3 aromatic rings. The summed E-state index contributed by atoms with van der Waals surface area (Å²) in [5.74, 6) is 0.255. The number of thioether (sulfide) groups is 1. The van der Waals surface area contributed by atoms with Gasteiger partial charge in [-0.05, 0) is 44.0 Å². The smallest absolute Gasteiger partial charge is 0.326 e. The largest absolute Gasteiger partial charge is 0.465 e. The summed E-state index contributed by atoms with van der Waals surface area (Å²) in [7, 11) is 0. The zero-order chi connectivity index (χ0) is 21.6. The van der Waals surface area contributed by atoms with E-state index in [2.05, 4.69) is 15.3 Å². The van der Waals surface area contributed by atoms with Crippen molar-refractivity contribution in [3.8, 4) is 0 Å². The Kier molecular flexibility index (Phi) is 6.66. The van der Waals surface area contributed by atoms with E-state index in [1.807, 2.05) is 42.5 Å². The molecule has 2 aromatic carbocycles. The first-order valence-electron chi connectivity index (χ1n) is 10.3. The molecule has 31 heavy (non-hydrogen) atoms. The van der Waals surface area contributed by atoms with Crippen LogP contribution in [0.4, 0.5) is 11.5 Å². The van der Waals surface area contributed by atoms with Gasteiger partial charge in [0.05, 0.1) is 17.9 Å². The number of para-hydroxylation sites is 2. The van der Waals surface area contributed by atoms with Crippen molar-refractivity contribution in [3.63, 3.8) is 0 Å². The maximum atomic E-state index is 13.0. The number of carbonyl (C=O) groups is 2. The van der Waals surface area contributed by atoms with Crippen molar-refractivity contribution in [2.75, 3.05) is 29.1 Å². The minimum Gasteiger partial charge on any atom is -0.465 e. The number of nitrogens with zero attached hydrogens (tertiary/aromatic N) is 3. The van der Waals surface area contributed by atoms with Gasteiger partial charge in [-0.2, -0.15) is 0 Å². The lowest BCUT2D eigenvalue weighted by molar-refractivity contribution is -0.142. The van der Waals surface area contributed by atoms with Crippen LogP contribution in [0.2, 0.25) is 0 Å². The van der Waals surface area contributed by atoms with Crippen LogP contribution in [0.1, 0.15) is 19.8 Å². The third-order valence-corrected chi connectivity index (χ3v) is 5.62. The highest BCUT2D eigenvalue weighted by atomic mass is 32.2. The monoisotopic (exact) mass is 436 g/mol. The van der Waals surface area contributed by atoms with E-state index in [4.69, 9.17) is 4.74 Å². The molecule has 160 valence electrons. The number of fused-ring (bicyclic) bond motifs is 1. The van der Waals surface area contributed by atoms with E-state index in [0.29, 0.717) is 16.9 Å². The Morgan fingerprint density at radius 3 is 2.58 bits per heavy atom. The van der Waals surface area contributed by atoms with E-state index in [0.717, 1.165) is 29.6 Å². The van der Waals surface area contributed by atoms with Crippen molar-refractivity contribution in [2.24, 2.45) is 0 Å². The van der Waals surface area contributed by atoms with E-state index >= 15 is 0 Å². The second kappa shape index (κ2) is 9.78. The summed E-state index contributed by atoms with van der Waals surface area (Å²) in [6, 6.07) is 17.4. The number of ether oxygens (including phenoxy) is 1. The fraction of sp³-hybridized carbons (Fsp3) is 0.304.